The van der Waals surface area contributed by atoms with Crippen LogP contribution in [0.1, 0.15) is 30.9 Å². The molecule has 0 aliphatic carbocycles. The number of aryl methyl sites for hydroxylation is 1. The van der Waals surface area contributed by atoms with Gasteiger partial charge in [0.05, 0.1) is 0 Å². The highest BCUT2D eigenvalue weighted by Gasteiger charge is 2.38. The van der Waals surface area contributed by atoms with E-state index < -0.39 is 5.41 Å². The molecule has 0 unspecified atom stereocenters. The highest BCUT2D eigenvalue weighted by atomic mass is 35.5. The average Bonchev–Trinajstić information content (AvgIpc) is 2.70. The number of halogens is 1. The molecule has 0 radical (unpaired) electrons. The number of anilines is 1. The second-order valence-corrected chi connectivity index (χ2v) is 8.04. The monoisotopic (exact) mass is 399 g/mol. The van der Waals surface area contributed by atoms with E-state index in [9.17, 15) is 9.59 Å². The maximum atomic E-state index is 12.7. The maximum absolute atomic E-state index is 12.7. The molecule has 0 aromatic heterocycles. The van der Waals surface area contributed by atoms with Gasteiger partial charge in [-0.3, -0.25) is 4.79 Å². The van der Waals surface area contributed by atoms with Gasteiger partial charge in [-0.15, -0.1) is 0 Å². The second kappa shape index (κ2) is 8.65. The van der Waals surface area contributed by atoms with Crippen LogP contribution in [0.2, 0.25) is 5.02 Å². The molecule has 2 N–H and O–H groups in total. The highest BCUT2D eigenvalue weighted by Crippen LogP contribution is 2.31. The zero-order chi connectivity index (χ0) is 20.1. The molecule has 1 aliphatic heterocycles. The first-order valence-corrected chi connectivity index (χ1v) is 9.89. The third kappa shape index (κ3) is 4.84. The Morgan fingerprint density at radius 1 is 1.11 bits per heavy atom. The van der Waals surface area contributed by atoms with Crippen LogP contribution in [0.5, 0.6) is 0 Å². The lowest BCUT2D eigenvalue weighted by Gasteiger charge is -2.38. The fraction of sp³-hybridized carbons (Fsp3) is 0.364. The number of hydrogen-bond donors (Lipinski definition) is 2. The molecule has 3 rings (SSSR count). The normalized spacial score (nSPS) is 15.8. The van der Waals surface area contributed by atoms with Gasteiger partial charge in [-0.1, -0.05) is 54.9 Å². The van der Waals surface area contributed by atoms with Gasteiger partial charge in [-0.25, -0.2) is 4.79 Å². The van der Waals surface area contributed by atoms with Crippen molar-refractivity contribution < 1.29 is 9.59 Å². The van der Waals surface area contributed by atoms with Gasteiger partial charge in [0.25, 0.3) is 0 Å². The molecule has 1 heterocycles. The molecule has 2 aromatic carbocycles. The summed E-state index contributed by atoms with van der Waals surface area (Å²) in [6.07, 6.45) is 1.27. The van der Waals surface area contributed by atoms with E-state index in [-0.39, 0.29) is 11.9 Å². The number of carbonyl (C=O) groups is 2. The van der Waals surface area contributed by atoms with Crippen molar-refractivity contribution in [1.29, 1.82) is 0 Å². The number of amides is 3. The Bertz CT molecular complexity index is 846. The first-order valence-electron chi connectivity index (χ1n) is 9.52. The lowest BCUT2D eigenvalue weighted by atomic mass is 9.79. The van der Waals surface area contributed by atoms with Gasteiger partial charge in [0.2, 0.25) is 5.91 Å². The molecular weight excluding hydrogens is 374 g/mol. The fourth-order valence-corrected chi connectivity index (χ4v) is 3.52. The van der Waals surface area contributed by atoms with E-state index >= 15 is 0 Å². The summed E-state index contributed by atoms with van der Waals surface area (Å²) in [7, 11) is 0. The summed E-state index contributed by atoms with van der Waals surface area (Å²) in [4.78, 5) is 27.0. The van der Waals surface area contributed by atoms with Crippen LogP contribution in [0.3, 0.4) is 0 Å². The molecule has 5 nitrogen and oxygen atoms in total. The van der Waals surface area contributed by atoms with E-state index in [4.69, 9.17) is 11.6 Å². The third-order valence-electron chi connectivity index (χ3n) is 5.44. The van der Waals surface area contributed by atoms with Crippen LogP contribution in [0.25, 0.3) is 0 Å². The number of nitrogens with zero attached hydrogens (tertiary/aromatic N) is 1. The number of urea groups is 1. The number of nitrogens with one attached hydrogen (secondary N) is 2. The number of benzene rings is 2. The maximum Gasteiger partial charge on any atom is 0.321 e. The zero-order valence-electron chi connectivity index (χ0n) is 16.3. The number of likely N-dealkylation sites (tertiary alicyclic amines) is 1. The molecule has 0 spiro atoms. The summed E-state index contributed by atoms with van der Waals surface area (Å²) in [5, 5.41) is 6.55. The standard InChI is InChI=1S/C22H26ClN3O2/c1-16-8-9-18(23)14-19(16)25-21(28)26-12-10-22(2,11-13-26)20(27)24-15-17-6-4-3-5-7-17/h3-9,14H,10-13,15H2,1-2H3,(H,24,27)(H,25,28). The van der Waals surface area contributed by atoms with Crippen molar-refractivity contribution in [3.05, 3.63) is 64.7 Å². The third-order valence-corrected chi connectivity index (χ3v) is 5.67. The second-order valence-electron chi connectivity index (χ2n) is 7.61. The Hall–Kier alpha value is -2.53. The van der Waals surface area contributed by atoms with Crippen LogP contribution < -0.4 is 10.6 Å². The lowest BCUT2D eigenvalue weighted by Crippen LogP contribution is -2.49. The van der Waals surface area contributed by atoms with Gasteiger partial charge in [0.15, 0.2) is 0 Å². The molecule has 148 valence electrons. The molecule has 0 atom stereocenters. The van der Waals surface area contributed by atoms with Crippen molar-refractivity contribution in [2.24, 2.45) is 5.41 Å². The zero-order valence-corrected chi connectivity index (χ0v) is 17.1. The minimum atomic E-state index is -0.461. The van der Waals surface area contributed by atoms with E-state index in [2.05, 4.69) is 10.6 Å². The Balaban J connectivity index is 1.53. The quantitative estimate of drug-likeness (QED) is 0.789. The molecule has 28 heavy (non-hydrogen) atoms. The topological polar surface area (TPSA) is 61.4 Å². The molecule has 6 heteroatoms. The molecule has 1 fully saturated rings. The first-order chi connectivity index (χ1) is 13.4. The smallest absolute Gasteiger partial charge is 0.321 e. The van der Waals surface area contributed by atoms with Crippen molar-refractivity contribution in [1.82, 2.24) is 10.2 Å². The molecule has 3 amide bonds. The molecule has 1 aliphatic rings. The predicted octanol–water partition coefficient (Wildman–Crippen LogP) is 4.60. The van der Waals surface area contributed by atoms with E-state index in [1.54, 1.807) is 17.0 Å². The van der Waals surface area contributed by atoms with Crippen molar-refractivity contribution in [2.45, 2.75) is 33.2 Å². The van der Waals surface area contributed by atoms with Gasteiger partial charge in [0, 0.05) is 35.8 Å². The molecular formula is C22H26ClN3O2. The number of carbonyl (C=O) groups excluding carboxylic acids is 2. The summed E-state index contributed by atoms with van der Waals surface area (Å²) in [6, 6.07) is 15.1. The number of rotatable bonds is 4. The van der Waals surface area contributed by atoms with E-state index in [0.29, 0.717) is 43.2 Å². The molecule has 1 saturated heterocycles. The minimum Gasteiger partial charge on any atom is -0.352 e. The van der Waals surface area contributed by atoms with Gasteiger partial charge >= 0.3 is 6.03 Å². The summed E-state index contributed by atoms with van der Waals surface area (Å²) in [5.74, 6) is 0.0436. The van der Waals surface area contributed by atoms with Crippen LogP contribution >= 0.6 is 11.6 Å². The minimum absolute atomic E-state index is 0.0436. The Morgan fingerprint density at radius 3 is 2.46 bits per heavy atom. The Labute approximate surface area is 171 Å². The first kappa shape index (κ1) is 20.2. The summed E-state index contributed by atoms with van der Waals surface area (Å²) in [6.45, 7) is 5.51. The molecule has 2 aromatic rings. The van der Waals surface area contributed by atoms with E-state index in [1.165, 1.54) is 0 Å². The average molecular weight is 400 g/mol. The molecule has 0 bridgehead atoms. The van der Waals surface area contributed by atoms with E-state index in [0.717, 1.165) is 11.1 Å². The van der Waals surface area contributed by atoms with Crippen molar-refractivity contribution in [3.8, 4) is 0 Å². The summed E-state index contributed by atoms with van der Waals surface area (Å²) in [5.41, 5.74) is 2.29. The van der Waals surface area contributed by atoms with Gasteiger partial charge in [0.1, 0.15) is 0 Å². The summed E-state index contributed by atoms with van der Waals surface area (Å²) < 4.78 is 0. The van der Waals surface area contributed by atoms with E-state index in [1.807, 2.05) is 50.2 Å². The predicted molar refractivity (Wildman–Crippen MR) is 112 cm³/mol. The number of hydrogen-bond acceptors (Lipinski definition) is 2. The summed E-state index contributed by atoms with van der Waals surface area (Å²) >= 11 is 6.02. The SMILES string of the molecule is Cc1ccc(Cl)cc1NC(=O)N1CCC(C)(C(=O)NCc2ccccc2)CC1. The van der Waals surface area contributed by atoms with Crippen molar-refractivity contribution in [2.75, 3.05) is 18.4 Å². The van der Waals surface area contributed by atoms with Crippen molar-refractivity contribution in [3.63, 3.8) is 0 Å². The van der Waals surface area contributed by atoms with Crippen LogP contribution in [0.15, 0.2) is 48.5 Å². The van der Waals surface area contributed by atoms with Crippen molar-refractivity contribution >= 4 is 29.2 Å². The van der Waals surface area contributed by atoms with Crippen LogP contribution in [-0.2, 0) is 11.3 Å². The van der Waals surface area contributed by atoms with Crippen LogP contribution in [0, 0.1) is 12.3 Å². The fourth-order valence-electron chi connectivity index (χ4n) is 3.35. The number of piperidine rings is 1. The van der Waals surface area contributed by atoms with Crippen LogP contribution in [0.4, 0.5) is 10.5 Å². The Kier molecular flexibility index (Phi) is 6.25. The van der Waals surface area contributed by atoms with Gasteiger partial charge in [-0.2, -0.15) is 0 Å². The lowest BCUT2D eigenvalue weighted by molar-refractivity contribution is -0.132. The highest BCUT2D eigenvalue weighted by molar-refractivity contribution is 6.31. The molecule has 0 saturated carbocycles. The van der Waals surface area contributed by atoms with Gasteiger partial charge in [-0.05, 0) is 43.0 Å². The van der Waals surface area contributed by atoms with Crippen LogP contribution in [-0.4, -0.2) is 29.9 Å². The van der Waals surface area contributed by atoms with Gasteiger partial charge < -0.3 is 15.5 Å². The largest absolute Gasteiger partial charge is 0.352 e. The Morgan fingerprint density at radius 2 is 1.79 bits per heavy atom.